The van der Waals surface area contributed by atoms with Crippen LogP contribution >= 0.6 is 0 Å². The lowest BCUT2D eigenvalue weighted by atomic mass is 9.87. The smallest absolute Gasteiger partial charge is 0.237 e. The summed E-state index contributed by atoms with van der Waals surface area (Å²) in [4.78, 5) is 11.4. The molecule has 0 heterocycles. The maximum absolute atomic E-state index is 11.4. The Morgan fingerprint density at radius 3 is 2.00 bits per heavy atom. The van der Waals surface area contributed by atoms with Gasteiger partial charge < -0.3 is 11.1 Å². The van der Waals surface area contributed by atoms with E-state index in [4.69, 9.17) is 5.73 Å². The Kier molecular flexibility index (Phi) is 3.71. The van der Waals surface area contributed by atoms with Gasteiger partial charge in [-0.05, 0) is 19.3 Å². The molecular weight excluding hydrogens is 152 g/mol. The van der Waals surface area contributed by atoms with E-state index in [1.54, 1.807) is 0 Å². The first-order valence-electron chi connectivity index (χ1n) is 4.31. The molecule has 3 nitrogen and oxygen atoms in total. The highest BCUT2D eigenvalue weighted by Gasteiger charge is 2.27. The van der Waals surface area contributed by atoms with Crippen LogP contribution in [0.5, 0.6) is 0 Å². The predicted octanol–water partition coefficient (Wildman–Crippen LogP) is 0.884. The molecule has 0 aromatic rings. The number of nitrogens with one attached hydrogen (secondary N) is 1. The Labute approximate surface area is 74.7 Å². The largest absolute Gasteiger partial charge is 0.353 e. The summed E-state index contributed by atoms with van der Waals surface area (Å²) in [6.07, 6.45) is 0. The third kappa shape index (κ3) is 3.72. The fraction of sp³-hybridized carbons (Fsp3) is 0.889. The molecule has 3 heteroatoms. The molecule has 0 aliphatic carbocycles. The minimum absolute atomic E-state index is 0.0718. The van der Waals surface area contributed by atoms with Gasteiger partial charge in [-0.25, -0.2) is 0 Å². The number of carbonyl (C=O) groups excluding carboxylic acids is 1. The lowest BCUT2D eigenvalue weighted by molar-refractivity contribution is -0.125. The van der Waals surface area contributed by atoms with E-state index in [1.165, 1.54) is 0 Å². The van der Waals surface area contributed by atoms with E-state index in [1.807, 2.05) is 34.6 Å². The molecule has 0 spiro atoms. The van der Waals surface area contributed by atoms with Crippen LogP contribution in [0.4, 0.5) is 0 Å². The predicted molar refractivity (Wildman–Crippen MR) is 50.7 cm³/mol. The van der Waals surface area contributed by atoms with E-state index >= 15 is 0 Å². The van der Waals surface area contributed by atoms with Crippen LogP contribution in [-0.4, -0.2) is 18.0 Å². The third-order valence-electron chi connectivity index (χ3n) is 1.65. The molecule has 1 amide bonds. The number of hydrogen-bond donors (Lipinski definition) is 2. The van der Waals surface area contributed by atoms with Crippen molar-refractivity contribution in [2.45, 2.75) is 46.7 Å². The van der Waals surface area contributed by atoms with Crippen molar-refractivity contribution in [2.75, 3.05) is 0 Å². The Bertz CT molecular complexity index is 158. The first kappa shape index (κ1) is 11.4. The van der Waals surface area contributed by atoms with Gasteiger partial charge in [0.05, 0.1) is 6.04 Å². The maximum atomic E-state index is 11.4. The molecule has 12 heavy (non-hydrogen) atoms. The number of carbonyl (C=O) groups is 1. The minimum Gasteiger partial charge on any atom is -0.353 e. The van der Waals surface area contributed by atoms with Gasteiger partial charge in [-0.2, -0.15) is 0 Å². The van der Waals surface area contributed by atoms with Crippen molar-refractivity contribution < 1.29 is 4.79 Å². The summed E-state index contributed by atoms with van der Waals surface area (Å²) in [6.45, 7) is 9.72. The summed E-state index contributed by atoms with van der Waals surface area (Å²) in [5.41, 5.74) is 5.56. The van der Waals surface area contributed by atoms with Gasteiger partial charge in [-0.15, -0.1) is 0 Å². The minimum atomic E-state index is -0.431. The second-order valence-corrected chi connectivity index (χ2v) is 4.51. The van der Waals surface area contributed by atoms with Crippen molar-refractivity contribution in [1.82, 2.24) is 5.32 Å². The van der Waals surface area contributed by atoms with Gasteiger partial charge in [0.2, 0.25) is 5.91 Å². The van der Waals surface area contributed by atoms with Crippen molar-refractivity contribution in [3.63, 3.8) is 0 Å². The summed E-state index contributed by atoms with van der Waals surface area (Å²) in [5.74, 6) is -0.0718. The van der Waals surface area contributed by atoms with E-state index in [0.717, 1.165) is 0 Å². The van der Waals surface area contributed by atoms with Crippen LogP contribution in [0.1, 0.15) is 34.6 Å². The number of amides is 1. The van der Waals surface area contributed by atoms with Gasteiger partial charge in [0.25, 0.3) is 0 Å². The average Bonchev–Trinajstić information content (AvgIpc) is 1.82. The highest BCUT2D eigenvalue weighted by Crippen LogP contribution is 2.17. The first-order valence-corrected chi connectivity index (χ1v) is 4.31. The van der Waals surface area contributed by atoms with Crippen molar-refractivity contribution in [3.8, 4) is 0 Å². The van der Waals surface area contributed by atoms with Gasteiger partial charge >= 0.3 is 0 Å². The molecule has 0 saturated heterocycles. The van der Waals surface area contributed by atoms with Crippen LogP contribution in [-0.2, 0) is 4.79 Å². The lowest BCUT2D eigenvalue weighted by Gasteiger charge is -2.26. The van der Waals surface area contributed by atoms with E-state index in [2.05, 4.69) is 5.32 Å². The second kappa shape index (κ2) is 3.90. The monoisotopic (exact) mass is 172 g/mol. The molecule has 0 aliphatic heterocycles. The molecule has 0 fully saturated rings. The normalized spacial score (nSPS) is 14.6. The van der Waals surface area contributed by atoms with Crippen LogP contribution in [0.25, 0.3) is 0 Å². The van der Waals surface area contributed by atoms with Gasteiger partial charge in [0, 0.05) is 6.04 Å². The second-order valence-electron chi connectivity index (χ2n) is 4.51. The van der Waals surface area contributed by atoms with Gasteiger partial charge in [0.15, 0.2) is 0 Å². The molecule has 1 atom stereocenters. The summed E-state index contributed by atoms with van der Waals surface area (Å²) in [7, 11) is 0. The molecule has 0 aromatic heterocycles. The fourth-order valence-electron chi connectivity index (χ4n) is 0.768. The van der Waals surface area contributed by atoms with Gasteiger partial charge in [0.1, 0.15) is 0 Å². The number of hydrogen-bond acceptors (Lipinski definition) is 2. The van der Waals surface area contributed by atoms with Crippen LogP contribution in [0.3, 0.4) is 0 Å². The summed E-state index contributed by atoms with van der Waals surface area (Å²) in [6, 6.07) is -0.272. The zero-order valence-corrected chi connectivity index (χ0v) is 8.64. The highest BCUT2D eigenvalue weighted by atomic mass is 16.2. The Morgan fingerprint density at radius 1 is 1.33 bits per heavy atom. The van der Waals surface area contributed by atoms with E-state index < -0.39 is 6.04 Å². The molecule has 0 bridgehead atoms. The summed E-state index contributed by atoms with van der Waals surface area (Å²) in [5, 5.41) is 2.79. The van der Waals surface area contributed by atoms with E-state index in [9.17, 15) is 4.79 Å². The zero-order valence-electron chi connectivity index (χ0n) is 8.64. The molecule has 72 valence electrons. The zero-order chi connectivity index (χ0) is 9.94. The molecule has 0 saturated carbocycles. The van der Waals surface area contributed by atoms with Crippen molar-refractivity contribution >= 4 is 5.91 Å². The number of rotatable bonds is 2. The van der Waals surface area contributed by atoms with Crippen LogP contribution in [0.2, 0.25) is 0 Å². The lowest BCUT2D eigenvalue weighted by Crippen LogP contribution is -2.50. The highest BCUT2D eigenvalue weighted by molar-refractivity contribution is 5.82. The maximum Gasteiger partial charge on any atom is 0.237 e. The number of nitrogens with two attached hydrogens (primary N) is 1. The van der Waals surface area contributed by atoms with Gasteiger partial charge in [-0.1, -0.05) is 20.8 Å². The molecule has 1 unspecified atom stereocenters. The standard InChI is InChI=1S/C9H20N2O/c1-6(2)11-8(12)7(10)9(3,4)5/h6-7H,10H2,1-5H3,(H,11,12). The SMILES string of the molecule is CC(C)NC(=O)C(N)C(C)(C)C. The Balaban J connectivity index is 4.12. The van der Waals surface area contributed by atoms with Crippen LogP contribution in [0, 0.1) is 5.41 Å². The third-order valence-corrected chi connectivity index (χ3v) is 1.65. The molecule has 0 aliphatic rings. The Hall–Kier alpha value is -0.570. The van der Waals surface area contributed by atoms with Crippen molar-refractivity contribution in [1.29, 1.82) is 0 Å². The first-order chi connectivity index (χ1) is 5.25. The Morgan fingerprint density at radius 2 is 1.75 bits per heavy atom. The quantitative estimate of drug-likeness (QED) is 0.649. The van der Waals surface area contributed by atoms with Crippen LogP contribution < -0.4 is 11.1 Å². The molecule has 0 rings (SSSR count). The molecular formula is C9H20N2O. The molecule has 3 N–H and O–H groups in total. The molecule has 0 aromatic carbocycles. The van der Waals surface area contributed by atoms with Crippen molar-refractivity contribution in [3.05, 3.63) is 0 Å². The fourth-order valence-corrected chi connectivity index (χ4v) is 0.768. The summed E-state index contributed by atoms with van der Waals surface area (Å²) >= 11 is 0. The summed E-state index contributed by atoms with van der Waals surface area (Å²) < 4.78 is 0. The topological polar surface area (TPSA) is 55.1 Å². The average molecular weight is 172 g/mol. The van der Waals surface area contributed by atoms with Gasteiger partial charge in [-0.3, -0.25) is 4.79 Å². The van der Waals surface area contributed by atoms with Crippen molar-refractivity contribution in [2.24, 2.45) is 11.1 Å². The van der Waals surface area contributed by atoms with E-state index in [-0.39, 0.29) is 17.4 Å². The van der Waals surface area contributed by atoms with E-state index in [0.29, 0.717) is 0 Å². The molecule has 0 radical (unpaired) electrons. The van der Waals surface area contributed by atoms with Crippen LogP contribution in [0.15, 0.2) is 0 Å².